The van der Waals surface area contributed by atoms with Crippen molar-refractivity contribution in [3.63, 3.8) is 0 Å². The molecule has 6 heteroatoms. The Morgan fingerprint density at radius 3 is 2.86 bits per heavy atom. The summed E-state index contributed by atoms with van der Waals surface area (Å²) >= 11 is 0. The lowest BCUT2D eigenvalue weighted by atomic mass is 10.0. The number of alkyl halides is 3. The quantitative estimate of drug-likeness (QED) is 0.897. The molecule has 2 N–H and O–H groups in total. The number of carbonyl (C=O) groups excluding carboxylic acids is 1. The second-order valence-corrected chi connectivity index (χ2v) is 5.81. The minimum absolute atomic E-state index is 0.0200. The predicted octanol–water partition coefficient (Wildman–Crippen LogP) is 2.89. The van der Waals surface area contributed by atoms with Crippen LogP contribution in [0.5, 0.6) is 0 Å². The van der Waals surface area contributed by atoms with Gasteiger partial charge < -0.3 is 10.6 Å². The van der Waals surface area contributed by atoms with Gasteiger partial charge in [0.15, 0.2) is 0 Å². The summed E-state index contributed by atoms with van der Waals surface area (Å²) in [5, 5.41) is 6.06. The van der Waals surface area contributed by atoms with Gasteiger partial charge >= 0.3 is 6.18 Å². The Hall–Kier alpha value is -1.56. The molecule has 1 aromatic carbocycles. The number of hydrogen-bond acceptors (Lipinski definition) is 2. The Bertz CT molecular complexity index is 516. The third kappa shape index (κ3) is 4.73. The summed E-state index contributed by atoms with van der Waals surface area (Å²) in [6.45, 7) is 2.58. The summed E-state index contributed by atoms with van der Waals surface area (Å²) in [5.74, 6) is -0.0200. The van der Waals surface area contributed by atoms with Crippen LogP contribution in [-0.4, -0.2) is 24.5 Å². The third-order valence-electron chi connectivity index (χ3n) is 3.82. The molecule has 1 amide bonds. The van der Waals surface area contributed by atoms with Gasteiger partial charge in [-0.3, -0.25) is 4.79 Å². The molecule has 1 fully saturated rings. The topological polar surface area (TPSA) is 41.1 Å². The van der Waals surface area contributed by atoms with Crippen LogP contribution in [0.4, 0.5) is 13.2 Å². The number of nitrogens with one attached hydrogen (secondary N) is 2. The van der Waals surface area contributed by atoms with Crippen LogP contribution in [0.1, 0.15) is 37.3 Å². The maximum absolute atomic E-state index is 12.7. The monoisotopic (exact) mass is 314 g/mol. The van der Waals surface area contributed by atoms with Crippen molar-refractivity contribution in [2.75, 3.05) is 6.54 Å². The highest BCUT2D eigenvalue weighted by Gasteiger charge is 2.30. The van der Waals surface area contributed by atoms with E-state index in [1.807, 2.05) is 6.92 Å². The van der Waals surface area contributed by atoms with E-state index in [4.69, 9.17) is 0 Å². The Morgan fingerprint density at radius 2 is 2.14 bits per heavy atom. The summed E-state index contributed by atoms with van der Waals surface area (Å²) < 4.78 is 38.1. The molecule has 0 aromatic heterocycles. The first-order valence-corrected chi connectivity index (χ1v) is 7.56. The molecular formula is C16H21F3N2O. The normalized spacial score (nSPS) is 21.1. The first kappa shape index (κ1) is 16.8. The zero-order valence-electron chi connectivity index (χ0n) is 12.5. The Kier molecular flexibility index (Phi) is 5.45. The van der Waals surface area contributed by atoms with E-state index in [0.29, 0.717) is 18.5 Å². The fourth-order valence-electron chi connectivity index (χ4n) is 2.73. The average molecular weight is 314 g/mol. The standard InChI is InChI=1S/C16H21F3N2O/c1-11(21-14-7-2-3-8-20-15(14)22)9-12-5-4-6-13(10-12)16(17,18)19/h4-6,10-11,14,21H,2-3,7-9H2,1H3,(H,20,22)/t11-,14+/m0/s1. The van der Waals surface area contributed by atoms with Crippen molar-refractivity contribution in [1.29, 1.82) is 0 Å². The van der Waals surface area contributed by atoms with Crippen molar-refractivity contribution in [2.45, 2.75) is 50.9 Å². The number of amides is 1. The molecule has 0 saturated carbocycles. The molecule has 2 rings (SSSR count). The molecule has 1 saturated heterocycles. The molecule has 122 valence electrons. The Balaban J connectivity index is 1.96. The average Bonchev–Trinajstić information content (AvgIpc) is 2.63. The zero-order chi connectivity index (χ0) is 16.2. The first-order chi connectivity index (χ1) is 10.4. The number of halogens is 3. The lowest BCUT2D eigenvalue weighted by Gasteiger charge is -2.21. The van der Waals surface area contributed by atoms with Crippen LogP contribution in [0.25, 0.3) is 0 Å². The second-order valence-electron chi connectivity index (χ2n) is 5.81. The largest absolute Gasteiger partial charge is 0.416 e. The molecule has 1 aliphatic heterocycles. The van der Waals surface area contributed by atoms with Crippen LogP contribution in [-0.2, 0) is 17.4 Å². The molecule has 2 atom stereocenters. The van der Waals surface area contributed by atoms with Crippen LogP contribution in [0.2, 0.25) is 0 Å². The van der Waals surface area contributed by atoms with E-state index in [9.17, 15) is 18.0 Å². The summed E-state index contributed by atoms with van der Waals surface area (Å²) in [7, 11) is 0. The molecule has 1 heterocycles. The summed E-state index contributed by atoms with van der Waals surface area (Å²) in [6.07, 6.45) is -1.18. The fourth-order valence-corrected chi connectivity index (χ4v) is 2.73. The molecule has 0 aliphatic carbocycles. The van der Waals surface area contributed by atoms with Crippen molar-refractivity contribution in [2.24, 2.45) is 0 Å². The summed E-state index contributed by atoms with van der Waals surface area (Å²) in [5.41, 5.74) is -0.0201. The molecule has 0 spiro atoms. The molecule has 0 radical (unpaired) electrons. The van der Waals surface area contributed by atoms with Crippen molar-refractivity contribution in [1.82, 2.24) is 10.6 Å². The molecular weight excluding hydrogens is 293 g/mol. The van der Waals surface area contributed by atoms with Crippen molar-refractivity contribution >= 4 is 5.91 Å². The smallest absolute Gasteiger partial charge is 0.355 e. The number of carbonyl (C=O) groups is 1. The fraction of sp³-hybridized carbons (Fsp3) is 0.562. The van der Waals surface area contributed by atoms with Gasteiger partial charge in [-0.1, -0.05) is 18.2 Å². The van der Waals surface area contributed by atoms with E-state index in [1.165, 1.54) is 12.1 Å². The van der Waals surface area contributed by atoms with Gasteiger partial charge in [0.2, 0.25) is 5.91 Å². The minimum atomic E-state index is -4.33. The van der Waals surface area contributed by atoms with Gasteiger partial charge in [-0.2, -0.15) is 13.2 Å². The van der Waals surface area contributed by atoms with Crippen LogP contribution in [0.3, 0.4) is 0 Å². The van der Waals surface area contributed by atoms with Gasteiger partial charge in [0, 0.05) is 12.6 Å². The maximum Gasteiger partial charge on any atom is 0.416 e. The molecule has 22 heavy (non-hydrogen) atoms. The lowest BCUT2D eigenvalue weighted by molar-refractivity contribution is -0.137. The molecule has 0 unspecified atom stereocenters. The van der Waals surface area contributed by atoms with Gasteiger partial charge in [0.1, 0.15) is 0 Å². The van der Waals surface area contributed by atoms with E-state index in [0.717, 1.165) is 25.3 Å². The Labute approximate surface area is 128 Å². The SMILES string of the molecule is C[C@@H](Cc1cccc(C(F)(F)F)c1)N[C@@H]1CCCCNC1=O. The van der Waals surface area contributed by atoms with Gasteiger partial charge in [-0.05, 0) is 44.2 Å². The van der Waals surface area contributed by atoms with Crippen molar-refractivity contribution in [3.05, 3.63) is 35.4 Å². The highest BCUT2D eigenvalue weighted by atomic mass is 19.4. The number of benzene rings is 1. The Morgan fingerprint density at radius 1 is 1.36 bits per heavy atom. The molecule has 1 aliphatic rings. The number of rotatable bonds is 4. The highest BCUT2D eigenvalue weighted by Crippen LogP contribution is 2.29. The number of hydrogen-bond donors (Lipinski definition) is 2. The van der Waals surface area contributed by atoms with Crippen molar-refractivity contribution < 1.29 is 18.0 Å². The summed E-state index contributed by atoms with van der Waals surface area (Å²) in [4.78, 5) is 11.9. The highest BCUT2D eigenvalue weighted by molar-refractivity contribution is 5.81. The van der Waals surface area contributed by atoms with Crippen molar-refractivity contribution in [3.8, 4) is 0 Å². The van der Waals surface area contributed by atoms with E-state index in [2.05, 4.69) is 10.6 Å². The van der Waals surface area contributed by atoms with E-state index < -0.39 is 11.7 Å². The van der Waals surface area contributed by atoms with Crippen LogP contribution in [0.15, 0.2) is 24.3 Å². The van der Waals surface area contributed by atoms with E-state index >= 15 is 0 Å². The van der Waals surface area contributed by atoms with Gasteiger partial charge in [0.25, 0.3) is 0 Å². The second kappa shape index (κ2) is 7.13. The zero-order valence-corrected chi connectivity index (χ0v) is 12.5. The van der Waals surface area contributed by atoms with Gasteiger partial charge in [-0.15, -0.1) is 0 Å². The minimum Gasteiger partial charge on any atom is -0.355 e. The summed E-state index contributed by atoms with van der Waals surface area (Å²) in [6, 6.07) is 5.01. The first-order valence-electron chi connectivity index (χ1n) is 7.56. The van der Waals surface area contributed by atoms with Gasteiger partial charge in [0.05, 0.1) is 11.6 Å². The van der Waals surface area contributed by atoms with Crippen LogP contribution < -0.4 is 10.6 Å². The van der Waals surface area contributed by atoms with Gasteiger partial charge in [-0.25, -0.2) is 0 Å². The van der Waals surface area contributed by atoms with E-state index in [-0.39, 0.29) is 18.0 Å². The molecule has 3 nitrogen and oxygen atoms in total. The van der Waals surface area contributed by atoms with E-state index in [1.54, 1.807) is 6.07 Å². The lowest BCUT2D eigenvalue weighted by Crippen LogP contribution is -2.47. The maximum atomic E-state index is 12.7. The van der Waals surface area contributed by atoms with Crippen LogP contribution >= 0.6 is 0 Å². The third-order valence-corrected chi connectivity index (χ3v) is 3.82. The predicted molar refractivity (Wildman–Crippen MR) is 78.4 cm³/mol. The molecule has 1 aromatic rings. The molecule has 0 bridgehead atoms. The van der Waals surface area contributed by atoms with Crippen LogP contribution in [0, 0.1) is 0 Å².